The zero-order chi connectivity index (χ0) is 6.97. The van der Waals surface area contributed by atoms with Crippen LogP contribution in [0.25, 0.3) is 0 Å². The standard InChI is InChI=1S/C8H16N2/c1-10-6-5-9-7-3-2-4-8(7)10/h7-9H,2-6H2,1H3. The smallest absolute Gasteiger partial charge is 0.0246 e. The molecule has 1 aliphatic heterocycles. The summed E-state index contributed by atoms with van der Waals surface area (Å²) in [5.41, 5.74) is 0. The first-order chi connectivity index (χ1) is 4.88. The van der Waals surface area contributed by atoms with Crippen LogP contribution in [0.4, 0.5) is 0 Å². The molecule has 0 aromatic carbocycles. The predicted octanol–water partition coefficient (Wildman–Crippen LogP) is 0.442. The summed E-state index contributed by atoms with van der Waals surface area (Å²) in [5, 5.41) is 3.57. The van der Waals surface area contributed by atoms with Gasteiger partial charge >= 0.3 is 0 Å². The molecule has 0 radical (unpaired) electrons. The second kappa shape index (κ2) is 2.51. The monoisotopic (exact) mass is 140 g/mol. The fraction of sp³-hybridized carbons (Fsp3) is 1.00. The first-order valence-corrected chi connectivity index (χ1v) is 4.31. The van der Waals surface area contributed by atoms with E-state index in [9.17, 15) is 0 Å². The van der Waals surface area contributed by atoms with Crippen molar-refractivity contribution in [2.24, 2.45) is 0 Å². The SMILES string of the molecule is CN1CCNC2CCCC21. The molecule has 2 heteroatoms. The van der Waals surface area contributed by atoms with Gasteiger partial charge in [0.25, 0.3) is 0 Å². The van der Waals surface area contributed by atoms with Crippen LogP contribution >= 0.6 is 0 Å². The van der Waals surface area contributed by atoms with E-state index in [0.717, 1.165) is 12.1 Å². The van der Waals surface area contributed by atoms with Gasteiger partial charge in [-0.05, 0) is 19.9 Å². The minimum Gasteiger partial charge on any atom is -0.311 e. The van der Waals surface area contributed by atoms with E-state index in [1.165, 1.54) is 32.4 Å². The Bertz CT molecular complexity index is 124. The molecule has 0 amide bonds. The van der Waals surface area contributed by atoms with E-state index >= 15 is 0 Å². The molecule has 0 spiro atoms. The number of piperazine rings is 1. The number of nitrogens with one attached hydrogen (secondary N) is 1. The molecule has 0 aromatic heterocycles. The van der Waals surface area contributed by atoms with Crippen molar-refractivity contribution in [2.45, 2.75) is 31.3 Å². The lowest BCUT2D eigenvalue weighted by atomic mass is 10.1. The first-order valence-electron chi connectivity index (χ1n) is 4.31. The summed E-state index contributed by atoms with van der Waals surface area (Å²) in [6.45, 7) is 2.43. The number of likely N-dealkylation sites (N-methyl/N-ethyl adjacent to an activating group) is 1. The Morgan fingerprint density at radius 2 is 2.30 bits per heavy atom. The largest absolute Gasteiger partial charge is 0.311 e. The van der Waals surface area contributed by atoms with Crippen LogP contribution in [0.1, 0.15) is 19.3 Å². The van der Waals surface area contributed by atoms with Crippen LogP contribution < -0.4 is 5.32 Å². The minimum atomic E-state index is 0.818. The van der Waals surface area contributed by atoms with Gasteiger partial charge < -0.3 is 10.2 Å². The molecule has 2 nitrogen and oxygen atoms in total. The van der Waals surface area contributed by atoms with Crippen LogP contribution in [0.2, 0.25) is 0 Å². The maximum Gasteiger partial charge on any atom is 0.0246 e. The Morgan fingerprint density at radius 3 is 3.10 bits per heavy atom. The molecule has 0 aromatic rings. The Kier molecular flexibility index (Phi) is 1.66. The summed E-state index contributed by atoms with van der Waals surface area (Å²) >= 11 is 0. The van der Waals surface area contributed by atoms with Gasteiger partial charge in [-0.3, -0.25) is 0 Å². The zero-order valence-electron chi connectivity index (χ0n) is 6.64. The van der Waals surface area contributed by atoms with E-state index < -0.39 is 0 Å². The highest BCUT2D eigenvalue weighted by Crippen LogP contribution is 2.24. The Balaban J connectivity index is 2.03. The van der Waals surface area contributed by atoms with Crippen LogP contribution in [0.15, 0.2) is 0 Å². The maximum absolute atomic E-state index is 3.57. The second-order valence-corrected chi connectivity index (χ2v) is 3.54. The molecule has 2 aliphatic rings. The molecule has 1 heterocycles. The topological polar surface area (TPSA) is 15.3 Å². The zero-order valence-corrected chi connectivity index (χ0v) is 6.64. The van der Waals surface area contributed by atoms with Gasteiger partial charge in [-0.2, -0.15) is 0 Å². The third-order valence-electron chi connectivity index (χ3n) is 2.92. The quantitative estimate of drug-likeness (QED) is 0.525. The normalized spacial score (nSPS) is 41.7. The van der Waals surface area contributed by atoms with Crippen molar-refractivity contribution in [3.8, 4) is 0 Å². The average Bonchev–Trinajstić information content (AvgIpc) is 2.36. The summed E-state index contributed by atoms with van der Waals surface area (Å²) in [6.07, 6.45) is 4.23. The van der Waals surface area contributed by atoms with E-state index in [4.69, 9.17) is 0 Å². The average molecular weight is 140 g/mol. The van der Waals surface area contributed by atoms with Crippen molar-refractivity contribution < 1.29 is 0 Å². The fourth-order valence-corrected chi connectivity index (χ4v) is 2.30. The molecular weight excluding hydrogens is 124 g/mol. The van der Waals surface area contributed by atoms with E-state index in [-0.39, 0.29) is 0 Å². The van der Waals surface area contributed by atoms with Crippen LogP contribution in [0.5, 0.6) is 0 Å². The molecule has 58 valence electrons. The summed E-state index contributed by atoms with van der Waals surface area (Å²) in [4.78, 5) is 2.51. The van der Waals surface area contributed by atoms with Gasteiger partial charge in [-0.1, -0.05) is 6.42 Å². The minimum absolute atomic E-state index is 0.818. The summed E-state index contributed by atoms with van der Waals surface area (Å²) in [7, 11) is 2.25. The molecule has 2 rings (SSSR count). The third kappa shape index (κ3) is 0.956. The third-order valence-corrected chi connectivity index (χ3v) is 2.92. The number of fused-ring (bicyclic) bond motifs is 1. The van der Waals surface area contributed by atoms with Crippen molar-refractivity contribution in [3.05, 3.63) is 0 Å². The summed E-state index contributed by atoms with van der Waals surface area (Å²) in [5.74, 6) is 0. The molecule has 1 saturated heterocycles. The van der Waals surface area contributed by atoms with Crippen molar-refractivity contribution in [3.63, 3.8) is 0 Å². The number of nitrogens with zero attached hydrogens (tertiary/aromatic N) is 1. The van der Waals surface area contributed by atoms with Gasteiger partial charge in [-0.15, -0.1) is 0 Å². The lowest BCUT2D eigenvalue weighted by molar-refractivity contribution is 0.171. The van der Waals surface area contributed by atoms with E-state index in [1.807, 2.05) is 0 Å². The van der Waals surface area contributed by atoms with Gasteiger partial charge in [0.05, 0.1) is 0 Å². The van der Waals surface area contributed by atoms with Gasteiger partial charge in [0.15, 0.2) is 0 Å². The van der Waals surface area contributed by atoms with Crippen molar-refractivity contribution in [2.75, 3.05) is 20.1 Å². The molecule has 0 bridgehead atoms. The fourth-order valence-electron chi connectivity index (χ4n) is 2.30. The van der Waals surface area contributed by atoms with Crippen LogP contribution in [0, 0.1) is 0 Å². The predicted molar refractivity (Wildman–Crippen MR) is 42.1 cm³/mol. The molecule has 1 aliphatic carbocycles. The molecule has 2 unspecified atom stereocenters. The lowest BCUT2D eigenvalue weighted by Gasteiger charge is -2.35. The van der Waals surface area contributed by atoms with Crippen LogP contribution in [0.3, 0.4) is 0 Å². The lowest BCUT2D eigenvalue weighted by Crippen LogP contribution is -2.53. The van der Waals surface area contributed by atoms with E-state index in [2.05, 4.69) is 17.3 Å². The molecule has 1 saturated carbocycles. The molecular formula is C8H16N2. The number of hydrogen-bond acceptors (Lipinski definition) is 2. The van der Waals surface area contributed by atoms with Crippen molar-refractivity contribution in [1.29, 1.82) is 0 Å². The van der Waals surface area contributed by atoms with Gasteiger partial charge in [0.2, 0.25) is 0 Å². The highest BCUT2D eigenvalue weighted by Gasteiger charge is 2.32. The Labute approximate surface area is 62.6 Å². The molecule has 10 heavy (non-hydrogen) atoms. The van der Waals surface area contributed by atoms with Gasteiger partial charge in [-0.25, -0.2) is 0 Å². The maximum atomic E-state index is 3.57. The van der Waals surface area contributed by atoms with Crippen molar-refractivity contribution >= 4 is 0 Å². The van der Waals surface area contributed by atoms with Crippen LogP contribution in [-0.2, 0) is 0 Å². The highest BCUT2D eigenvalue weighted by molar-refractivity contribution is 4.92. The highest BCUT2D eigenvalue weighted by atomic mass is 15.2. The van der Waals surface area contributed by atoms with E-state index in [0.29, 0.717) is 0 Å². The van der Waals surface area contributed by atoms with Crippen LogP contribution in [-0.4, -0.2) is 37.1 Å². The first kappa shape index (κ1) is 6.62. The molecule has 2 fully saturated rings. The summed E-state index contributed by atoms with van der Waals surface area (Å²) in [6, 6.07) is 1.67. The molecule has 2 atom stereocenters. The number of hydrogen-bond donors (Lipinski definition) is 1. The summed E-state index contributed by atoms with van der Waals surface area (Å²) < 4.78 is 0. The second-order valence-electron chi connectivity index (χ2n) is 3.54. The Hall–Kier alpha value is -0.0800. The van der Waals surface area contributed by atoms with Gasteiger partial charge in [0, 0.05) is 25.2 Å². The Morgan fingerprint density at radius 1 is 1.40 bits per heavy atom. The van der Waals surface area contributed by atoms with E-state index in [1.54, 1.807) is 0 Å². The number of rotatable bonds is 0. The molecule has 1 N–H and O–H groups in total. The van der Waals surface area contributed by atoms with Gasteiger partial charge in [0.1, 0.15) is 0 Å². The van der Waals surface area contributed by atoms with Crippen molar-refractivity contribution in [1.82, 2.24) is 10.2 Å².